The molecule has 0 fully saturated rings. The molecular formula is C21H13F2N3. The number of aromatic nitrogens is 3. The van der Waals surface area contributed by atoms with Gasteiger partial charge < -0.3 is 0 Å². The summed E-state index contributed by atoms with van der Waals surface area (Å²) in [4.78, 5) is 4.16. The van der Waals surface area contributed by atoms with Gasteiger partial charge in [0.1, 0.15) is 23.0 Å². The normalized spacial score (nSPS) is 10.5. The van der Waals surface area contributed by atoms with Crippen LogP contribution >= 0.6 is 0 Å². The highest BCUT2D eigenvalue weighted by Crippen LogP contribution is 2.21. The van der Waals surface area contributed by atoms with E-state index in [0.29, 0.717) is 11.4 Å². The molecule has 0 aliphatic heterocycles. The summed E-state index contributed by atoms with van der Waals surface area (Å²) in [6.45, 7) is 0. The Kier molecular flexibility index (Phi) is 4.16. The Bertz CT molecular complexity index is 1120. The van der Waals surface area contributed by atoms with E-state index >= 15 is 0 Å². The van der Waals surface area contributed by atoms with Gasteiger partial charge in [-0.1, -0.05) is 18.2 Å². The van der Waals surface area contributed by atoms with Crippen LogP contribution in [-0.2, 0) is 6.42 Å². The van der Waals surface area contributed by atoms with E-state index in [0.717, 1.165) is 16.5 Å². The second-order valence-corrected chi connectivity index (χ2v) is 5.79. The lowest BCUT2D eigenvalue weighted by atomic mass is 10.0. The van der Waals surface area contributed by atoms with Gasteiger partial charge in [0.05, 0.1) is 5.52 Å². The second kappa shape index (κ2) is 6.77. The van der Waals surface area contributed by atoms with Gasteiger partial charge in [-0.25, -0.2) is 13.8 Å². The average Bonchev–Trinajstić information content (AvgIpc) is 3.06. The molecule has 0 bridgehead atoms. The molecule has 4 rings (SSSR count). The van der Waals surface area contributed by atoms with Gasteiger partial charge in [-0.3, -0.25) is 5.10 Å². The number of hydrogen-bond acceptors (Lipinski definition) is 2. The maximum atomic E-state index is 13.9. The van der Waals surface area contributed by atoms with Crippen LogP contribution < -0.4 is 0 Å². The van der Waals surface area contributed by atoms with Crippen molar-refractivity contribution in [1.82, 2.24) is 15.2 Å². The van der Waals surface area contributed by atoms with Crippen molar-refractivity contribution in [3.8, 4) is 11.8 Å². The standard InChI is InChI=1S/C21H13F2N3/c22-18-5-3-6-19(23)16(18)12-14-7-9-20-17(13-14)21(26-25-20)10-8-15-4-1-2-11-24-15/h1-7,9,11,13H,12H2,(H,25,26). The maximum Gasteiger partial charge on any atom is 0.129 e. The largest absolute Gasteiger partial charge is 0.269 e. The predicted octanol–water partition coefficient (Wildman–Crippen LogP) is 4.23. The number of rotatable bonds is 2. The SMILES string of the molecule is Fc1cccc(F)c1Cc1ccc2n[nH]c(C#Cc3ccccn3)c2c1. The Labute approximate surface area is 148 Å². The van der Waals surface area contributed by atoms with Crippen molar-refractivity contribution in [2.75, 3.05) is 0 Å². The molecule has 0 radical (unpaired) electrons. The first-order valence-corrected chi connectivity index (χ1v) is 8.03. The smallest absolute Gasteiger partial charge is 0.129 e. The third kappa shape index (κ3) is 3.17. The molecule has 0 unspecified atom stereocenters. The van der Waals surface area contributed by atoms with E-state index in [9.17, 15) is 8.78 Å². The Hall–Kier alpha value is -3.52. The number of H-pyrrole nitrogens is 1. The van der Waals surface area contributed by atoms with Crippen LogP contribution in [0.4, 0.5) is 8.78 Å². The van der Waals surface area contributed by atoms with Crippen LogP contribution in [0.2, 0.25) is 0 Å². The third-order valence-electron chi connectivity index (χ3n) is 4.04. The molecule has 5 heteroatoms. The van der Waals surface area contributed by atoms with Gasteiger partial charge in [-0.15, -0.1) is 0 Å². The van der Waals surface area contributed by atoms with E-state index in [4.69, 9.17) is 0 Å². The lowest BCUT2D eigenvalue weighted by Crippen LogP contribution is -1.97. The Morgan fingerprint density at radius 1 is 0.923 bits per heavy atom. The van der Waals surface area contributed by atoms with E-state index in [1.54, 1.807) is 6.20 Å². The summed E-state index contributed by atoms with van der Waals surface area (Å²) in [6, 6.07) is 14.9. The lowest BCUT2D eigenvalue weighted by molar-refractivity contribution is 0.561. The molecule has 2 aromatic carbocycles. The fourth-order valence-electron chi connectivity index (χ4n) is 2.73. The highest BCUT2D eigenvalue weighted by atomic mass is 19.1. The minimum Gasteiger partial charge on any atom is -0.269 e. The van der Waals surface area contributed by atoms with Gasteiger partial charge in [0, 0.05) is 23.6 Å². The van der Waals surface area contributed by atoms with E-state index < -0.39 is 11.6 Å². The molecule has 0 saturated heterocycles. The fourth-order valence-corrected chi connectivity index (χ4v) is 2.73. The summed E-state index contributed by atoms with van der Waals surface area (Å²) in [5.41, 5.74) is 2.87. The average molecular weight is 345 g/mol. The number of halogens is 2. The summed E-state index contributed by atoms with van der Waals surface area (Å²) < 4.78 is 27.8. The maximum absolute atomic E-state index is 13.9. The molecule has 2 aromatic heterocycles. The van der Waals surface area contributed by atoms with Crippen LogP contribution in [0.1, 0.15) is 22.5 Å². The molecule has 126 valence electrons. The molecule has 2 heterocycles. The zero-order valence-corrected chi connectivity index (χ0v) is 13.6. The lowest BCUT2D eigenvalue weighted by Gasteiger charge is -2.05. The first kappa shape index (κ1) is 16.0. The number of aromatic amines is 1. The van der Waals surface area contributed by atoms with Crippen molar-refractivity contribution in [2.45, 2.75) is 6.42 Å². The van der Waals surface area contributed by atoms with Gasteiger partial charge in [-0.2, -0.15) is 5.10 Å². The monoisotopic (exact) mass is 345 g/mol. The molecule has 0 spiro atoms. The highest BCUT2D eigenvalue weighted by molar-refractivity contribution is 5.84. The Balaban J connectivity index is 1.70. The molecule has 1 N–H and O–H groups in total. The number of nitrogens with zero attached hydrogens (tertiary/aromatic N) is 2. The van der Waals surface area contributed by atoms with Crippen LogP contribution in [0, 0.1) is 23.5 Å². The number of nitrogens with one attached hydrogen (secondary N) is 1. The number of pyridine rings is 1. The number of fused-ring (bicyclic) bond motifs is 1. The third-order valence-corrected chi connectivity index (χ3v) is 4.04. The molecule has 0 atom stereocenters. The summed E-state index contributed by atoms with van der Waals surface area (Å²) in [6.07, 6.45) is 1.84. The number of hydrogen-bond donors (Lipinski definition) is 1. The number of benzene rings is 2. The second-order valence-electron chi connectivity index (χ2n) is 5.79. The van der Waals surface area contributed by atoms with Gasteiger partial charge in [0.2, 0.25) is 0 Å². The van der Waals surface area contributed by atoms with Crippen LogP contribution in [0.25, 0.3) is 10.9 Å². The Morgan fingerprint density at radius 3 is 2.54 bits per heavy atom. The first-order valence-electron chi connectivity index (χ1n) is 8.03. The topological polar surface area (TPSA) is 41.6 Å². The van der Waals surface area contributed by atoms with Crippen molar-refractivity contribution in [3.63, 3.8) is 0 Å². The van der Waals surface area contributed by atoms with E-state index in [1.807, 2.05) is 36.4 Å². The van der Waals surface area contributed by atoms with Gasteiger partial charge in [0.25, 0.3) is 0 Å². The summed E-state index contributed by atoms with van der Waals surface area (Å²) >= 11 is 0. The fraction of sp³-hybridized carbons (Fsp3) is 0.0476. The zero-order valence-electron chi connectivity index (χ0n) is 13.6. The highest BCUT2D eigenvalue weighted by Gasteiger charge is 2.11. The van der Waals surface area contributed by atoms with Crippen molar-refractivity contribution in [1.29, 1.82) is 0 Å². The molecule has 0 saturated carbocycles. The van der Waals surface area contributed by atoms with Crippen LogP contribution in [0.15, 0.2) is 60.8 Å². The molecular weight excluding hydrogens is 332 g/mol. The molecule has 3 nitrogen and oxygen atoms in total. The van der Waals surface area contributed by atoms with Gasteiger partial charge in [-0.05, 0) is 53.8 Å². The van der Waals surface area contributed by atoms with Crippen molar-refractivity contribution in [2.24, 2.45) is 0 Å². The summed E-state index contributed by atoms with van der Waals surface area (Å²) in [5.74, 6) is 4.90. The van der Waals surface area contributed by atoms with E-state index in [1.165, 1.54) is 18.2 Å². The minimum absolute atomic E-state index is 0.0523. The van der Waals surface area contributed by atoms with Gasteiger partial charge in [0.15, 0.2) is 0 Å². The Morgan fingerprint density at radius 2 is 1.77 bits per heavy atom. The zero-order chi connectivity index (χ0) is 17.9. The van der Waals surface area contributed by atoms with Crippen LogP contribution in [0.5, 0.6) is 0 Å². The summed E-state index contributed by atoms with van der Waals surface area (Å²) in [7, 11) is 0. The molecule has 26 heavy (non-hydrogen) atoms. The van der Waals surface area contributed by atoms with E-state index in [2.05, 4.69) is 27.0 Å². The minimum atomic E-state index is -0.549. The van der Waals surface area contributed by atoms with Gasteiger partial charge >= 0.3 is 0 Å². The molecule has 0 aliphatic rings. The van der Waals surface area contributed by atoms with Crippen molar-refractivity contribution in [3.05, 3.63) is 94.9 Å². The van der Waals surface area contributed by atoms with Crippen molar-refractivity contribution < 1.29 is 8.78 Å². The quantitative estimate of drug-likeness (QED) is 0.553. The van der Waals surface area contributed by atoms with Crippen LogP contribution in [-0.4, -0.2) is 15.2 Å². The summed E-state index contributed by atoms with van der Waals surface area (Å²) in [5, 5.41) is 7.92. The molecule has 0 amide bonds. The first-order chi connectivity index (χ1) is 12.7. The molecule has 4 aromatic rings. The van der Waals surface area contributed by atoms with Crippen LogP contribution in [0.3, 0.4) is 0 Å². The predicted molar refractivity (Wildman–Crippen MR) is 95.5 cm³/mol. The molecule has 0 aliphatic carbocycles. The van der Waals surface area contributed by atoms with Crippen molar-refractivity contribution >= 4 is 10.9 Å². The van der Waals surface area contributed by atoms with E-state index in [-0.39, 0.29) is 12.0 Å².